The summed E-state index contributed by atoms with van der Waals surface area (Å²) in [5.41, 5.74) is 1.23. The van der Waals surface area contributed by atoms with Gasteiger partial charge in [0.05, 0.1) is 0 Å². The lowest BCUT2D eigenvalue weighted by Gasteiger charge is -2.39. The first-order chi connectivity index (χ1) is 12.7. The zero-order chi connectivity index (χ0) is 17.9. The van der Waals surface area contributed by atoms with Gasteiger partial charge in [-0.25, -0.2) is 9.79 Å². The molecule has 0 bridgehead atoms. The first kappa shape index (κ1) is 17.4. The van der Waals surface area contributed by atoms with Gasteiger partial charge in [0.1, 0.15) is 5.82 Å². The van der Waals surface area contributed by atoms with Crippen LogP contribution in [0.5, 0.6) is 0 Å². The van der Waals surface area contributed by atoms with Crippen LogP contribution in [-0.4, -0.2) is 47.8 Å². The molecule has 1 aromatic carbocycles. The van der Waals surface area contributed by atoms with E-state index in [2.05, 4.69) is 14.8 Å². The Morgan fingerprint density at radius 3 is 1.96 bits per heavy atom. The molecule has 1 aromatic rings. The molecule has 4 rings (SSSR count). The van der Waals surface area contributed by atoms with E-state index < -0.39 is 0 Å². The molecule has 6 heteroatoms. The quantitative estimate of drug-likeness (QED) is 0.597. The van der Waals surface area contributed by atoms with Crippen molar-refractivity contribution >= 4 is 23.5 Å². The van der Waals surface area contributed by atoms with Crippen molar-refractivity contribution in [3.63, 3.8) is 0 Å². The van der Waals surface area contributed by atoms with Crippen LogP contribution in [0.3, 0.4) is 0 Å². The van der Waals surface area contributed by atoms with Crippen LogP contribution in [0.1, 0.15) is 44.1 Å². The molecule has 0 radical (unpaired) electrons. The Morgan fingerprint density at radius 1 is 0.885 bits per heavy atom. The minimum atomic E-state index is -0.346. The summed E-state index contributed by atoms with van der Waals surface area (Å²) < 4.78 is 5.52. The van der Waals surface area contributed by atoms with Gasteiger partial charge in [-0.05, 0) is 62.8 Å². The average Bonchev–Trinajstić information content (AvgIpc) is 3.06. The molecular weight excluding hydrogens is 350 g/mol. The SMILES string of the molecule is O=C1OC(c2ccc(Cl)cc2)=NC1=C(N1CCCCC1)N1CCCCC1. The summed E-state index contributed by atoms with van der Waals surface area (Å²) in [4.78, 5) is 22.0. The molecule has 138 valence electrons. The Morgan fingerprint density at radius 2 is 1.42 bits per heavy atom. The molecule has 0 aliphatic carbocycles. The molecule has 0 amide bonds. The normalized spacial score (nSPS) is 20.9. The van der Waals surface area contributed by atoms with Crippen molar-refractivity contribution in [1.82, 2.24) is 9.80 Å². The molecule has 3 aliphatic rings. The standard InChI is InChI=1S/C20H24ClN3O2/c21-16-9-7-15(8-10-16)18-22-17(20(25)26-18)19(23-11-3-1-4-12-23)24-13-5-2-6-14-24/h7-10H,1-6,11-14H2. The lowest BCUT2D eigenvalue weighted by molar-refractivity contribution is -0.130. The molecule has 2 saturated heterocycles. The number of hydrogen-bond donors (Lipinski definition) is 0. The van der Waals surface area contributed by atoms with Gasteiger partial charge in [-0.3, -0.25) is 0 Å². The number of carbonyl (C=O) groups is 1. The molecular formula is C20H24ClN3O2. The van der Waals surface area contributed by atoms with Crippen LogP contribution >= 0.6 is 11.6 Å². The third-order valence-electron chi connectivity index (χ3n) is 5.21. The number of hydrogen-bond acceptors (Lipinski definition) is 5. The summed E-state index contributed by atoms with van der Waals surface area (Å²) in [5, 5.41) is 0.650. The van der Waals surface area contributed by atoms with Gasteiger partial charge in [-0.15, -0.1) is 0 Å². The van der Waals surface area contributed by atoms with E-state index in [9.17, 15) is 4.79 Å². The highest BCUT2D eigenvalue weighted by Gasteiger charge is 2.33. The number of piperidine rings is 2. The lowest BCUT2D eigenvalue weighted by Crippen LogP contribution is -2.42. The fourth-order valence-electron chi connectivity index (χ4n) is 3.87. The van der Waals surface area contributed by atoms with Crippen LogP contribution in [-0.2, 0) is 9.53 Å². The summed E-state index contributed by atoms with van der Waals surface area (Å²) in [5.74, 6) is 0.993. The second-order valence-electron chi connectivity index (χ2n) is 7.08. The summed E-state index contributed by atoms with van der Waals surface area (Å²) in [6.45, 7) is 3.92. The van der Waals surface area contributed by atoms with Crippen molar-refractivity contribution in [2.75, 3.05) is 26.2 Å². The molecule has 0 atom stereocenters. The van der Waals surface area contributed by atoms with Gasteiger partial charge in [0.15, 0.2) is 5.70 Å². The smallest absolute Gasteiger partial charge is 0.367 e. The highest BCUT2D eigenvalue weighted by atomic mass is 35.5. The van der Waals surface area contributed by atoms with Gasteiger partial charge in [-0.1, -0.05) is 11.6 Å². The van der Waals surface area contributed by atoms with E-state index in [0.29, 0.717) is 16.6 Å². The number of benzene rings is 1. The molecule has 2 fully saturated rings. The number of carbonyl (C=O) groups excluding carboxylic acids is 1. The van der Waals surface area contributed by atoms with E-state index in [1.165, 1.54) is 12.8 Å². The van der Waals surface area contributed by atoms with Crippen LogP contribution in [0, 0.1) is 0 Å². The zero-order valence-electron chi connectivity index (χ0n) is 14.9. The van der Waals surface area contributed by atoms with E-state index in [-0.39, 0.29) is 5.97 Å². The number of cyclic esters (lactones) is 1. The van der Waals surface area contributed by atoms with Crippen LogP contribution in [0.25, 0.3) is 0 Å². The van der Waals surface area contributed by atoms with E-state index in [1.54, 1.807) is 12.1 Å². The third kappa shape index (κ3) is 3.58. The predicted octanol–water partition coefficient (Wildman–Crippen LogP) is 3.78. The Hall–Kier alpha value is -2.01. The maximum Gasteiger partial charge on any atom is 0.367 e. The minimum Gasteiger partial charge on any atom is -0.402 e. The molecule has 0 aromatic heterocycles. The monoisotopic (exact) mass is 373 g/mol. The largest absolute Gasteiger partial charge is 0.402 e. The number of esters is 1. The molecule has 5 nitrogen and oxygen atoms in total. The highest BCUT2D eigenvalue weighted by molar-refractivity contribution is 6.30. The van der Waals surface area contributed by atoms with Crippen LogP contribution < -0.4 is 0 Å². The fraction of sp³-hybridized carbons (Fsp3) is 0.500. The Kier molecular flexibility index (Phi) is 5.16. The number of aliphatic imine (C=N–C) groups is 1. The Balaban J connectivity index is 1.72. The second kappa shape index (κ2) is 7.70. The third-order valence-corrected chi connectivity index (χ3v) is 5.46. The first-order valence-electron chi connectivity index (χ1n) is 9.53. The van der Waals surface area contributed by atoms with Gasteiger partial charge in [0, 0.05) is 36.8 Å². The van der Waals surface area contributed by atoms with Gasteiger partial charge in [0.25, 0.3) is 0 Å². The average molecular weight is 374 g/mol. The van der Waals surface area contributed by atoms with Crippen LogP contribution in [0.4, 0.5) is 0 Å². The van der Waals surface area contributed by atoms with E-state index in [1.807, 2.05) is 12.1 Å². The molecule has 3 heterocycles. The number of rotatable bonds is 3. The van der Waals surface area contributed by atoms with Crippen molar-refractivity contribution in [2.45, 2.75) is 38.5 Å². The predicted molar refractivity (Wildman–Crippen MR) is 102 cm³/mol. The number of ether oxygens (including phenoxy) is 1. The summed E-state index contributed by atoms with van der Waals surface area (Å²) >= 11 is 5.96. The number of nitrogens with zero attached hydrogens (tertiary/aromatic N) is 3. The van der Waals surface area contributed by atoms with Gasteiger partial charge < -0.3 is 14.5 Å². The topological polar surface area (TPSA) is 45.1 Å². The summed E-state index contributed by atoms with van der Waals surface area (Å²) in [7, 11) is 0. The van der Waals surface area contributed by atoms with Crippen molar-refractivity contribution in [1.29, 1.82) is 0 Å². The summed E-state index contributed by atoms with van der Waals surface area (Å²) in [6, 6.07) is 7.23. The fourth-order valence-corrected chi connectivity index (χ4v) is 4.00. The second-order valence-corrected chi connectivity index (χ2v) is 7.52. The summed E-state index contributed by atoms with van der Waals surface area (Å²) in [6.07, 6.45) is 7.15. The first-order valence-corrected chi connectivity index (χ1v) is 9.91. The van der Waals surface area contributed by atoms with Gasteiger partial charge >= 0.3 is 5.97 Å². The van der Waals surface area contributed by atoms with Crippen LogP contribution in [0.2, 0.25) is 5.02 Å². The van der Waals surface area contributed by atoms with Gasteiger partial charge in [-0.2, -0.15) is 0 Å². The molecule has 0 unspecified atom stereocenters. The molecule has 0 spiro atoms. The van der Waals surface area contributed by atoms with Crippen molar-refractivity contribution in [2.24, 2.45) is 4.99 Å². The highest BCUT2D eigenvalue weighted by Crippen LogP contribution is 2.28. The number of halogens is 1. The van der Waals surface area contributed by atoms with Gasteiger partial charge in [0.2, 0.25) is 5.90 Å². The molecule has 3 aliphatic heterocycles. The maximum atomic E-state index is 12.7. The maximum absolute atomic E-state index is 12.7. The van der Waals surface area contributed by atoms with E-state index in [4.69, 9.17) is 16.3 Å². The lowest BCUT2D eigenvalue weighted by atomic mass is 10.1. The van der Waals surface area contributed by atoms with E-state index in [0.717, 1.165) is 63.2 Å². The van der Waals surface area contributed by atoms with Crippen molar-refractivity contribution < 1.29 is 9.53 Å². The van der Waals surface area contributed by atoms with Crippen molar-refractivity contribution in [3.8, 4) is 0 Å². The van der Waals surface area contributed by atoms with Crippen molar-refractivity contribution in [3.05, 3.63) is 46.4 Å². The molecule has 26 heavy (non-hydrogen) atoms. The molecule has 0 saturated carbocycles. The Labute approximate surface area is 159 Å². The number of likely N-dealkylation sites (tertiary alicyclic amines) is 2. The van der Waals surface area contributed by atoms with E-state index >= 15 is 0 Å². The molecule has 0 N–H and O–H groups in total. The van der Waals surface area contributed by atoms with Crippen LogP contribution in [0.15, 0.2) is 40.8 Å². The zero-order valence-corrected chi connectivity index (χ0v) is 15.7. The Bertz CT molecular complexity index is 710. The minimum absolute atomic E-state index is 0.346.